The average Bonchev–Trinajstić information content (AvgIpc) is 2.95. The Morgan fingerprint density at radius 3 is 3.29 bits per heavy atom. The van der Waals surface area contributed by atoms with Crippen molar-refractivity contribution in [1.82, 2.24) is 14.7 Å². The highest BCUT2D eigenvalue weighted by atomic mass is 32.1. The Morgan fingerprint density at radius 1 is 1.53 bits per heavy atom. The number of nitrogens with zero attached hydrogens (tertiary/aromatic N) is 2. The van der Waals surface area contributed by atoms with Crippen molar-refractivity contribution in [3.63, 3.8) is 0 Å². The number of aromatic nitrogens is 2. The number of hydrogen-bond acceptors (Lipinski definition) is 3. The number of rotatable bonds is 4. The van der Waals surface area contributed by atoms with Gasteiger partial charge >= 0.3 is 0 Å². The third-order valence-corrected chi connectivity index (χ3v) is 4.51. The van der Waals surface area contributed by atoms with Crippen LogP contribution in [0.1, 0.15) is 31.9 Å². The molecule has 92 valence electrons. The molecule has 0 saturated heterocycles. The van der Waals surface area contributed by atoms with Gasteiger partial charge in [-0.2, -0.15) is 0 Å². The Balaban J connectivity index is 1.71. The van der Waals surface area contributed by atoms with E-state index in [2.05, 4.69) is 39.4 Å². The van der Waals surface area contributed by atoms with E-state index in [4.69, 9.17) is 0 Å². The van der Waals surface area contributed by atoms with Gasteiger partial charge in [0.15, 0.2) is 4.96 Å². The summed E-state index contributed by atoms with van der Waals surface area (Å²) in [5.74, 6) is 0.777. The number of fused-ring (bicyclic) bond motifs is 1. The third-order valence-electron chi connectivity index (χ3n) is 3.74. The fraction of sp³-hybridized carbons (Fsp3) is 0.615. The lowest BCUT2D eigenvalue weighted by Gasteiger charge is -2.19. The SMILES string of the molecule is CCNC1CCCC1Cc1cn2ccsc2n1. The zero-order chi connectivity index (χ0) is 11.7. The number of imidazole rings is 1. The zero-order valence-electron chi connectivity index (χ0n) is 10.2. The highest BCUT2D eigenvalue weighted by Gasteiger charge is 2.27. The largest absolute Gasteiger partial charge is 0.314 e. The summed E-state index contributed by atoms with van der Waals surface area (Å²) >= 11 is 1.71. The summed E-state index contributed by atoms with van der Waals surface area (Å²) in [6.45, 7) is 3.28. The molecule has 0 bridgehead atoms. The molecule has 1 fully saturated rings. The first kappa shape index (κ1) is 11.2. The van der Waals surface area contributed by atoms with Crippen LogP contribution in [0.5, 0.6) is 0 Å². The quantitative estimate of drug-likeness (QED) is 0.902. The van der Waals surface area contributed by atoms with Crippen molar-refractivity contribution in [3.8, 4) is 0 Å². The molecule has 3 rings (SSSR count). The second-order valence-corrected chi connectivity index (χ2v) is 5.76. The van der Waals surface area contributed by atoms with Gasteiger partial charge in [-0.15, -0.1) is 11.3 Å². The first-order chi connectivity index (χ1) is 8.36. The van der Waals surface area contributed by atoms with E-state index in [1.54, 1.807) is 11.3 Å². The Morgan fingerprint density at radius 2 is 2.47 bits per heavy atom. The van der Waals surface area contributed by atoms with Crippen molar-refractivity contribution >= 4 is 16.3 Å². The molecule has 17 heavy (non-hydrogen) atoms. The van der Waals surface area contributed by atoms with Gasteiger partial charge < -0.3 is 5.32 Å². The van der Waals surface area contributed by atoms with Crippen LogP contribution in [0.25, 0.3) is 4.96 Å². The third kappa shape index (κ3) is 2.24. The molecule has 2 unspecified atom stereocenters. The molecule has 1 aliphatic rings. The van der Waals surface area contributed by atoms with E-state index in [-0.39, 0.29) is 0 Å². The smallest absolute Gasteiger partial charge is 0.193 e. The second kappa shape index (κ2) is 4.78. The first-order valence-corrected chi connectivity index (χ1v) is 7.39. The molecule has 0 radical (unpaired) electrons. The standard InChI is InChI=1S/C13H19N3S/c1-2-14-12-5-3-4-10(12)8-11-9-16-6-7-17-13(16)15-11/h6-7,9-10,12,14H,2-5,8H2,1H3. The van der Waals surface area contributed by atoms with Gasteiger partial charge in [0.25, 0.3) is 0 Å². The van der Waals surface area contributed by atoms with Crippen LogP contribution in [0.2, 0.25) is 0 Å². The Labute approximate surface area is 106 Å². The molecule has 2 atom stereocenters. The average molecular weight is 249 g/mol. The molecule has 0 aromatic carbocycles. The number of nitrogens with one attached hydrogen (secondary N) is 1. The van der Waals surface area contributed by atoms with Crippen molar-refractivity contribution in [2.75, 3.05) is 6.54 Å². The van der Waals surface area contributed by atoms with Gasteiger partial charge in [-0.1, -0.05) is 13.3 Å². The van der Waals surface area contributed by atoms with Crippen LogP contribution in [0.4, 0.5) is 0 Å². The summed E-state index contributed by atoms with van der Waals surface area (Å²) in [6.07, 6.45) is 9.46. The van der Waals surface area contributed by atoms with Crippen molar-refractivity contribution in [2.24, 2.45) is 5.92 Å². The van der Waals surface area contributed by atoms with Gasteiger partial charge in [0.1, 0.15) is 0 Å². The van der Waals surface area contributed by atoms with E-state index in [0.717, 1.165) is 23.8 Å². The van der Waals surface area contributed by atoms with Crippen LogP contribution in [0.15, 0.2) is 17.8 Å². The van der Waals surface area contributed by atoms with E-state index in [9.17, 15) is 0 Å². The molecule has 0 amide bonds. The van der Waals surface area contributed by atoms with Gasteiger partial charge in [-0.3, -0.25) is 4.40 Å². The van der Waals surface area contributed by atoms with Gasteiger partial charge in [0.2, 0.25) is 0 Å². The lowest BCUT2D eigenvalue weighted by molar-refractivity contribution is 0.404. The highest BCUT2D eigenvalue weighted by Crippen LogP contribution is 2.28. The molecule has 4 heteroatoms. The normalized spacial score (nSPS) is 24.8. The van der Waals surface area contributed by atoms with E-state index >= 15 is 0 Å². The van der Waals surface area contributed by atoms with Crippen LogP contribution in [-0.4, -0.2) is 22.0 Å². The second-order valence-electron chi connectivity index (χ2n) is 4.88. The Hall–Kier alpha value is -0.870. The lowest BCUT2D eigenvalue weighted by Crippen LogP contribution is -2.33. The molecular weight excluding hydrogens is 230 g/mol. The molecule has 3 nitrogen and oxygen atoms in total. The molecule has 1 saturated carbocycles. The summed E-state index contributed by atoms with van der Waals surface area (Å²) in [5.41, 5.74) is 1.26. The van der Waals surface area contributed by atoms with Crippen LogP contribution in [0.3, 0.4) is 0 Å². The van der Waals surface area contributed by atoms with Crippen molar-refractivity contribution < 1.29 is 0 Å². The number of thiazole rings is 1. The van der Waals surface area contributed by atoms with Crippen LogP contribution < -0.4 is 5.32 Å². The monoisotopic (exact) mass is 249 g/mol. The van der Waals surface area contributed by atoms with Gasteiger partial charge in [0.05, 0.1) is 5.69 Å². The Kier molecular flexibility index (Phi) is 3.16. The maximum absolute atomic E-state index is 4.68. The predicted octanol–water partition coefficient (Wildman–Crippen LogP) is 2.72. The van der Waals surface area contributed by atoms with Crippen molar-refractivity contribution in [2.45, 2.75) is 38.6 Å². The Bertz CT molecular complexity index is 459. The molecule has 1 aliphatic carbocycles. The molecule has 0 spiro atoms. The van der Waals surface area contributed by atoms with E-state index in [1.165, 1.54) is 25.0 Å². The molecule has 2 heterocycles. The minimum Gasteiger partial charge on any atom is -0.314 e. The summed E-state index contributed by atoms with van der Waals surface area (Å²) in [5, 5.41) is 5.70. The summed E-state index contributed by atoms with van der Waals surface area (Å²) in [4.78, 5) is 5.81. The topological polar surface area (TPSA) is 29.3 Å². The van der Waals surface area contributed by atoms with E-state index < -0.39 is 0 Å². The van der Waals surface area contributed by atoms with Crippen LogP contribution in [-0.2, 0) is 6.42 Å². The highest BCUT2D eigenvalue weighted by molar-refractivity contribution is 7.15. The molecule has 2 aromatic heterocycles. The maximum Gasteiger partial charge on any atom is 0.193 e. The summed E-state index contributed by atoms with van der Waals surface area (Å²) in [6, 6.07) is 0.708. The molecule has 0 aliphatic heterocycles. The van der Waals surface area contributed by atoms with Crippen LogP contribution >= 0.6 is 11.3 Å². The first-order valence-electron chi connectivity index (χ1n) is 6.51. The van der Waals surface area contributed by atoms with Gasteiger partial charge in [-0.05, 0) is 31.7 Å². The van der Waals surface area contributed by atoms with Gasteiger partial charge in [0, 0.05) is 23.8 Å². The van der Waals surface area contributed by atoms with E-state index in [1.807, 2.05) is 0 Å². The number of hydrogen-bond donors (Lipinski definition) is 1. The van der Waals surface area contributed by atoms with Crippen LogP contribution in [0, 0.1) is 5.92 Å². The molecular formula is C13H19N3S. The van der Waals surface area contributed by atoms with Crippen molar-refractivity contribution in [3.05, 3.63) is 23.5 Å². The maximum atomic E-state index is 4.68. The zero-order valence-corrected chi connectivity index (χ0v) is 11.0. The molecule has 2 aromatic rings. The summed E-state index contributed by atoms with van der Waals surface area (Å²) < 4.78 is 2.14. The van der Waals surface area contributed by atoms with E-state index in [0.29, 0.717) is 6.04 Å². The summed E-state index contributed by atoms with van der Waals surface area (Å²) in [7, 11) is 0. The molecule has 1 N–H and O–H groups in total. The predicted molar refractivity (Wildman–Crippen MR) is 71.6 cm³/mol. The lowest BCUT2D eigenvalue weighted by atomic mass is 9.98. The minimum absolute atomic E-state index is 0.708. The van der Waals surface area contributed by atoms with Gasteiger partial charge in [-0.25, -0.2) is 4.98 Å². The fourth-order valence-corrected chi connectivity index (χ4v) is 3.67. The minimum atomic E-state index is 0.708. The van der Waals surface area contributed by atoms with Crippen molar-refractivity contribution in [1.29, 1.82) is 0 Å². The fourth-order valence-electron chi connectivity index (χ4n) is 2.96.